The van der Waals surface area contributed by atoms with E-state index in [4.69, 9.17) is 5.11 Å². The van der Waals surface area contributed by atoms with Crippen LogP contribution < -0.4 is 4.72 Å². The lowest BCUT2D eigenvalue weighted by Gasteiger charge is -2.08. The van der Waals surface area contributed by atoms with Crippen molar-refractivity contribution < 1.29 is 18.3 Å². The molecule has 8 nitrogen and oxygen atoms in total. The molecule has 2 aromatic heterocycles. The van der Waals surface area contributed by atoms with Gasteiger partial charge in [0.1, 0.15) is 16.4 Å². The average Bonchev–Trinajstić information content (AvgIpc) is 2.93. The highest BCUT2D eigenvalue weighted by molar-refractivity contribution is 7.92. The summed E-state index contributed by atoms with van der Waals surface area (Å²) in [7, 11) is -3.91. The molecular weight excluding hydrogens is 296 g/mol. The number of hydrogen-bond donors (Lipinski definition) is 4. The number of anilines is 1. The van der Waals surface area contributed by atoms with Gasteiger partial charge in [0.2, 0.25) is 0 Å². The Bertz CT molecular complexity index is 788. The molecule has 0 unspecified atom stereocenters. The molecule has 0 fully saturated rings. The van der Waals surface area contributed by atoms with Gasteiger partial charge in [-0.3, -0.25) is 9.82 Å². The number of carbonyl (C=O) groups is 1. The Morgan fingerprint density at radius 1 is 1.43 bits per heavy atom. The minimum absolute atomic E-state index is 0.0587. The summed E-state index contributed by atoms with van der Waals surface area (Å²) in [5.41, 5.74) is 1.04. The second-order valence-corrected chi connectivity index (χ2v) is 6.23. The Hall–Kier alpha value is -2.29. The SMILES string of the molecule is CCc1cn[nH]c1NS(=O)(=O)c1c(C)[nH]c(C(=O)O)c1C. The number of rotatable bonds is 5. The molecular formula is C12H16N4O4S. The molecule has 9 heteroatoms. The molecule has 0 bridgehead atoms. The zero-order chi connectivity index (χ0) is 15.8. The van der Waals surface area contributed by atoms with Crippen LogP contribution in [0.5, 0.6) is 0 Å². The molecule has 0 aliphatic heterocycles. The van der Waals surface area contributed by atoms with Gasteiger partial charge in [-0.25, -0.2) is 13.2 Å². The van der Waals surface area contributed by atoms with Crippen molar-refractivity contribution in [3.8, 4) is 0 Å². The van der Waals surface area contributed by atoms with Crippen LogP contribution in [0.4, 0.5) is 5.82 Å². The Morgan fingerprint density at radius 3 is 2.62 bits per heavy atom. The molecule has 2 rings (SSSR count). The summed E-state index contributed by atoms with van der Waals surface area (Å²) in [5.74, 6) is -0.915. The van der Waals surface area contributed by atoms with Crippen LogP contribution >= 0.6 is 0 Å². The maximum atomic E-state index is 12.5. The van der Waals surface area contributed by atoms with Crippen LogP contribution in [0.15, 0.2) is 11.1 Å². The fourth-order valence-electron chi connectivity index (χ4n) is 2.20. The summed E-state index contributed by atoms with van der Waals surface area (Å²) in [6.45, 7) is 4.84. The highest BCUT2D eigenvalue weighted by atomic mass is 32.2. The number of nitrogens with one attached hydrogen (secondary N) is 3. The maximum Gasteiger partial charge on any atom is 0.352 e. The van der Waals surface area contributed by atoms with Gasteiger partial charge in [0.25, 0.3) is 10.0 Å². The maximum absolute atomic E-state index is 12.5. The molecule has 0 amide bonds. The molecule has 2 aromatic rings. The Balaban J connectivity index is 2.48. The Morgan fingerprint density at radius 2 is 2.10 bits per heavy atom. The largest absolute Gasteiger partial charge is 0.477 e. The van der Waals surface area contributed by atoms with Crippen molar-refractivity contribution in [3.63, 3.8) is 0 Å². The number of aromatic carboxylic acids is 1. The van der Waals surface area contributed by atoms with Crippen molar-refractivity contribution in [1.29, 1.82) is 0 Å². The summed E-state index contributed by atoms with van der Waals surface area (Å²) in [4.78, 5) is 13.6. The number of carboxylic acid groups (broad SMARTS) is 1. The fourth-order valence-corrected chi connectivity index (χ4v) is 3.71. The molecule has 2 heterocycles. The van der Waals surface area contributed by atoms with Crippen LogP contribution in [-0.2, 0) is 16.4 Å². The molecule has 0 aromatic carbocycles. The van der Waals surface area contributed by atoms with E-state index in [1.165, 1.54) is 20.0 Å². The molecule has 0 aliphatic rings. The van der Waals surface area contributed by atoms with E-state index in [1.54, 1.807) is 0 Å². The van der Waals surface area contributed by atoms with Crippen LogP contribution in [0, 0.1) is 13.8 Å². The molecule has 0 saturated carbocycles. The van der Waals surface area contributed by atoms with Crippen molar-refractivity contribution in [1.82, 2.24) is 15.2 Å². The number of aromatic nitrogens is 3. The summed E-state index contributed by atoms with van der Waals surface area (Å²) in [5, 5.41) is 15.4. The van der Waals surface area contributed by atoms with Crippen LogP contribution in [0.2, 0.25) is 0 Å². The van der Waals surface area contributed by atoms with Crippen LogP contribution in [0.1, 0.15) is 34.2 Å². The van der Waals surface area contributed by atoms with Crippen molar-refractivity contribution >= 4 is 21.8 Å². The predicted octanol–water partition coefficient (Wildman–Crippen LogP) is 1.42. The monoisotopic (exact) mass is 312 g/mol. The third-order valence-electron chi connectivity index (χ3n) is 3.19. The Labute approximate surface area is 121 Å². The lowest BCUT2D eigenvalue weighted by molar-refractivity contribution is 0.0690. The topological polar surface area (TPSA) is 128 Å². The van der Waals surface area contributed by atoms with E-state index in [0.717, 1.165) is 5.56 Å². The van der Waals surface area contributed by atoms with E-state index in [2.05, 4.69) is 19.9 Å². The van der Waals surface area contributed by atoms with Gasteiger partial charge < -0.3 is 10.1 Å². The summed E-state index contributed by atoms with van der Waals surface area (Å²) >= 11 is 0. The summed E-state index contributed by atoms with van der Waals surface area (Å²) < 4.78 is 27.4. The van der Waals surface area contributed by atoms with Crippen LogP contribution in [0.3, 0.4) is 0 Å². The van der Waals surface area contributed by atoms with Crippen molar-refractivity contribution in [2.24, 2.45) is 0 Å². The fraction of sp³-hybridized carbons (Fsp3) is 0.333. The lowest BCUT2D eigenvalue weighted by Crippen LogP contribution is -2.16. The van der Waals surface area contributed by atoms with Gasteiger partial charge in [-0.2, -0.15) is 5.10 Å². The van der Waals surface area contributed by atoms with E-state index in [0.29, 0.717) is 6.42 Å². The number of carboxylic acids is 1. The van der Waals surface area contributed by atoms with E-state index < -0.39 is 16.0 Å². The number of aromatic amines is 2. The lowest BCUT2D eigenvalue weighted by atomic mass is 10.2. The smallest absolute Gasteiger partial charge is 0.352 e. The summed E-state index contributed by atoms with van der Waals surface area (Å²) in [6.07, 6.45) is 2.15. The Kier molecular flexibility index (Phi) is 3.77. The molecule has 4 N–H and O–H groups in total. The second kappa shape index (κ2) is 5.24. The van der Waals surface area contributed by atoms with Gasteiger partial charge in [0.15, 0.2) is 0 Å². The average molecular weight is 312 g/mol. The van der Waals surface area contributed by atoms with E-state index in [-0.39, 0.29) is 27.7 Å². The van der Waals surface area contributed by atoms with Gasteiger partial charge in [-0.15, -0.1) is 0 Å². The highest BCUT2D eigenvalue weighted by Crippen LogP contribution is 2.26. The third-order valence-corrected chi connectivity index (χ3v) is 4.81. The van der Waals surface area contributed by atoms with Crippen LogP contribution in [0.25, 0.3) is 0 Å². The molecule has 0 spiro atoms. The van der Waals surface area contributed by atoms with Gasteiger partial charge in [-0.1, -0.05) is 6.92 Å². The molecule has 114 valence electrons. The summed E-state index contributed by atoms with van der Waals surface area (Å²) in [6, 6.07) is 0. The van der Waals surface area contributed by atoms with Crippen molar-refractivity contribution in [3.05, 3.63) is 28.7 Å². The standard InChI is InChI=1S/C12H16N4O4S/c1-4-8-5-13-15-11(8)16-21(19,20)10-6(2)9(12(17)18)14-7(10)3/h5,14H,4H2,1-3H3,(H,17,18)(H2,13,15,16). The van der Waals surface area contributed by atoms with Gasteiger partial charge in [0.05, 0.1) is 6.20 Å². The predicted molar refractivity (Wildman–Crippen MR) is 76.0 cm³/mol. The van der Waals surface area contributed by atoms with Gasteiger partial charge in [-0.05, 0) is 20.3 Å². The van der Waals surface area contributed by atoms with Crippen molar-refractivity contribution in [2.45, 2.75) is 32.1 Å². The first-order chi connectivity index (χ1) is 9.77. The first-order valence-electron chi connectivity index (χ1n) is 6.25. The third kappa shape index (κ3) is 2.64. The molecule has 21 heavy (non-hydrogen) atoms. The number of hydrogen-bond acceptors (Lipinski definition) is 4. The number of nitrogens with zero attached hydrogens (tertiary/aromatic N) is 1. The van der Waals surface area contributed by atoms with E-state index in [1.807, 2.05) is 6.92 Å². The van der Waals surface area contributed by atoms with Gasteiger partial charge in [0, 0.05) is 16.8 Å². The molecule has 0 atom stereocenters. The zero-order valence-electron chi connectivity index (χ0n) is 11.8. The first-order valence-corrected chi connectivity index (χ1v) is 7.73. The van der Waals surface area contributed by atoms with Crippen LogP contribution in [-0.4, -0.2) is 34.7 Å². The molecule has 0 radical (unpaired) electrons. The number of sulfonamides is 1. The molecule has 0 saturated heterocycles. The molecule has 0 aliphatic carbocycles. The minimum Gasteiger partial charge on any atom is -0.477 e. The van der Waals surface area contributed by atoms with Crippen molar-refractivity contribution in [2.75, 3.05) is 4.72 Å². The number of H-pyrrole nitrogens is 2. The quantitative estimate of drug-likeness (QED) is 0.663. The van der Waals surface area contributed by atoms with Gasteiger partial charge >= 0.3 is 5.97 Å². The first kappa shape index (κ1) is 15.1. The van der Waals surface area contributed by atoms with E-state index in [9.17, 15) is 13.2 Å². The zero-order valence-corrected chi connectivity index (χ0v) is 12.6. The number of aryl methyl sites for hydroxylation is 2. The highest BCUT2D eigenvalue weighted by Gasteiger charge is 2.27. The second-order valence-electron chi connectivity index (χ2n) is 4.61. The minimum atomic E-state index is -3.91. The van der Waals surface area contributed by atoms with E-state index >= 15 is 0 Å². The normalized spacial score (nSPS) is 11.6.